The maximum absolute atomic E-state index is 12.3. The Kier molecular flexibility index (Phi) is 6.10. The number of hydrogen-bond acceptors (Lipinski definition) is 8. The highest BCUT2D eigenvalue weighted by Crippen LogP contribution is 2.25. The van der Waals surface area contributed by atoms with Crippen molar-refractivity contribution in [2.75, 3.05) is 18.2 Å². The second-order valence-electron chi connectivity index (χ2n) is 6.24. The molecular weight excluding hydrogens is 440 g/mol. The van der Waals surface area contributed by atoms with Crippen molar-refractivity contribution in [3.05, 3.63) is 65.4 Å². The second kappa shape index (κ2) is 9.11. The number of aromatic nitrogens is 5. The van der Waals surface area contributed by atoms with Crippen LogP contribution in [0.3, 0.4) is 0 Å². The molecule has 2 heterocycles. The molecule has 2 aromatic heterocycles. The van der Waals surface area contributed by atoms with Crippen molar-refractivity contribution in [1.29, 1.82) is 0 Å². The number of methoxy groups -OCH3 is 1. The molecule has 31 heavy (non-hydrogen) atoms. The number of nitrogens with zero attached hydrogens (tertiary/aromatic N) is 5. The molecular formula is C20H15ClN6O3S. The Hall–Kier alpha value is -3.50. The molecule has 1 amide bonds. The standard InChI is InChI=1S/C20H15ClN6O3S/c1-30-20(29)12-5-7-14(8-6-12)24-16(28)10-31-19-17-18(22-11-23-19)27(26-25-17)15-4-2-3-13(21)9-15/h2-9,11H,10H2,1H3,(H,24,28). The smallest absolute Gasteiger partial charge is 0.337 e. The van der Waals surface area contributed by atoms with Crippen LogP contribution in [-0.2, 0) is 9.53 Å². The summed E-state index contributed by atoms with van der Waals surface area (Å²) in [6, 6.07) is 13.6. The van der Waals surface area contributed by atoms with Crippen LogP contribution in [0.25, 0.3) is 16.9 Å². The first-order chi connectivity index (χ1) is 15.0. The number of amides is 1. The molecule has 0 radical (unpaired) electrons. The zero-order valence-corrected chi connectivity index (χ0v) is 17.7. The molecule has 0 aliphatic heterocycles. The van der Waals surface area contributed by atoms with Gasteiger partial charge in [-0.15, -0.1) is 5.10 Å². The van der Waals surface area contributed by atoms with Gasteiger partial charge in [0.1, 0.15) is 11.4 Å². The quantitative estimate of drug-likeness (QED) is 0.268. The van der Waals surface area contributed by atoms with Gasteiger partial charge in [-0.05, 0) is 42.5 Å². The molecule has 0 atom stereocenters. The minimum absolute atomic E-state index is 0.106. The molecule has 4 aromatic rings. The summed E-state index contributed by atoms with van der Waals surface area (Å²) < 4.78 is 6.22. The molecule has 0 saturated heterocycles. The number of thioether (sulfide) groups is 1. The molecule has 9 nitrogen and oxygen atoms in total. The predicted molar refractivity (Wildman–Crippen MR) is 117 cm³/mol. The summed E-state index contributed by atoms with van der Waals surface area (Å²) in [5.74, 6) is -0.564. The number of benzene rings is 2. The van der Waals surface area contributed by atoms with Gasteiger partial charge in [0.25, 0.3) is 0 Å². The molecule has 0 saturated carbocycles. The number of rotatable bonds is 6. The summed E-state index contributed by atoms with van der Waals surface area (Å²) in [7, 11) is 1.31. The summed E-state index contributed by atoms with van der Waals surface area (Å²) in [5.41, 5.74) is 2.69. The first-order valence-electron chi connectivity index (χ1n) is 8.98. The largest absolute Gasteiger partial charge is 0.465 e. The lowest BCUT2D eigenvalue weighted by atomic mass is 10.2. The van der Waals surface area contributed by atoms with Crippen LogP contribution in [0.4, 0.5) is 5.69 Å². The fraction of sp³-hybridized carbons (Fsp3) is 0.100. The molecule has 2 aromatic carbocycles. The van der Waals surface area contributed by atoms with Crippen molar-refractivity contribution in [2.24, 2.45) is 0 Å². The van der Waals surface area contributed by atoms with Crippen LogP contribution in [0, 0.1) is 0 Å². The fourth-order valence-electron chi connectivity index (χ4n) is 2.75. The molecule has 0 spiro atoms. The van der Waals surface area contributed by atoms with Crippen LogP contribution in [-0.4, -0.2) is 49.7 Å². The Balaban J connectivity index is 1.45. The fourth-order valence-corrected chi connectivity index (χ4v) is 3.67. The highest BCUT2D eigenvalue weighted by atomic mass is 35.5. The van der Waals surface area contributed by atoms with Gasteiger partial charge < -0.3 is 10.1 Å². The molecule has 156 valence electrons. The average Bonchev–Trinajstić information content (AvgIpc) is 3.22. The van der Waals surface area contributed by atoms with Gasteiger partial charge in [0, 0.05) is 10.7 Å². The van der Waals surface area contributed by atoms with E-state index >= 15 is 0 Å². The highest BCUT2D eigenvalue weighted by molar-refractivity contribution is 8.00. The van der Waals surface area contributed by atoms with E-state index in [2.05, 4.69) is 30.3 Å². The zero-order valence-electron chi connectivity index (χ0n) is 16.2. The van der Waals surface area contributed by atoms with Gasteiger partial charge in [-0.3, -0.25) is 4.79 Å². The number of fused-ring (bicyclic) bond motifs is 1. The number of ether oxygens (including phenoxy) is 1. The third-order valence-electron chi connectivity index (χ3n) is 4.19. The molecule has 0 unspecified atom stereocenters. The van der Waals surface area contributed by atoms with E-state index in [0.29, 0.717) is 32.5 Å². The maximum atomic E-state index is 12.3. The Morgan fingerprint density at radius 3 is 2.71 bits per heavy atom. The summed E-state index contributed by atoms with van der Waals surface area (Å²) in [5, 5.41) is 12.2. The normalized spacial score (nSPS) is 10.8. The highest BCUT2D eigenvalue weighted by Gasteiger charge is 2.15. The number of anilines is 1. The van der Waals surface area contributed by atoms with E-state index in [1.807, 2.05) is 12.1 Å². The second-order valence-corrected chi connectivity index (χ2v) is 7.64. The van der Waals surface area contributed by atoms with Crippen molar-refractivity contribution in [3.8, 4) is 5.69 Å². The Morgan fingerprint density at radius 2 is 1.97 bits per heavy atom. The average molecular weight is 455 g/mol. The van der Waals surface area contributed by atoms with Gasteiger partial charge in [-0.2, -0.15) is 4.68 Å². The lowest BCUT2D eigenvalue weighted by Crippen LogP contribution is -2.14. The van der Waals surface area contributed by atoms with Gasteiger partial charge in [-0.1, -0.05) is 34.6 Å². The van der Waals surface area contributed by atoms with Crippen LogP contribution in [0.15, 0.2) is 59.9 Å². The molecule has 1 N–H and O–H groups in total. The molecule has 4 rings (SSSR count). The van der Waals surface area contributed by atoms with Gasteiger partial charge in [-0.25, -0.2) is 14.8 Å². The summed E-state index contributed by atoms with van der Waals surface area (Å²) >= 11 is 7.28. The van der Waals surface area contributed by atoms with E-state index in [9.17, 15) is 9.59 Å². The minimum Gasteiger partial charge on any atom is -0.465 e. The first-order valence-corrected chi connectivity index (χ1v) is 10.3. The van der Waals surface area contributed by atoms with Crippen molar-refractivity contribution < 1.29 is 14.3 Å². The third kappa shape index (κ3) is 4.65. The molecule has 0 fully saturated rings. The number of nitrogens with one attached hydrogen (secondary N) is 1. The summed E-state index contributed by atoms with van der Waals surface area (Å²) in [4.78, 5) is 32.3. The van der Waals surface area contributed by atoms with Gasteiger partial charge in [0.2, 0.25) is 5.91 Å². The summed E-state index contributed by atoms with van der Waals surface area (Å²) in [6.45, 7) is 0. The Bertz CT molecular complexity index is 1260. The SMILES string of the molecule is COC(=O)c1ccc(NC(=O)CSc2ncnc3c2nnn3-c2cccc(Cl)c2)cc1. The number of carbonyl (C=O) groups excluding carboxylic acids is 2. The van der Waals surface area contributed by atoms with Crippen LogP contribution in [0.2, 0.25) is 5.02 Å². The van der Waals surface area contributed by atoms with Crippen molar-refractivity contribution >= 4 is 52.1 Å². The third-order valence-corrected chi connectivity index (χ3v) is 5.40. The van der Waals surface area contributed by atoms with E-state index in [1.165, 1.54) is 25.2 Å². The molecule has 11 heteroatoms. The van der Waals surface area contributed by atoms with Gasteiger partial charge >= 0.3 is 5.97 Å². The van der Waals surface area contributed by atoms with Crippen LogP contribution in [0.5, 0.6) is 0 Å². The van der Waals surface area contributed by atoms with Crippen LogP contribution in [0.1, 0.15) is 10.4 Å². The number of carbonyl (C=O) groups is 2. The topological polar surface area (TPSA) is 112 Å². The lowest BCUT2D eigenvalue weighted by Gasteiger charge is -2.06. The van der Waals surface area contributed by atoms with Gasteiger partial charge in [0.15, 0.2) is 11.2 Å². The van der Waals surface area contributed by atoms with Crippen LogP contribution < -0.4 is 5.32 Å². The van der Waals surface area contributed by atoms with E-state index in [-0.39, 0.29) is 11.7 Å². The number of hydrogen-bond donors (Lipinski definition) is 1. The number of esters is 1. The Labute approximate surface area is 185 Å². The Morgan fingerprint density at radius 1 is 1.16 bits per heavy atom. The van der Waals surface area contributed by atoms with Crippen LogP contribution >= 0.6 is 23.4 Å². The monoisotopic (exact) mass is 454 g/mol. The lowest BCUT2D eigenvalue weighted by molar-refractivity contribution is -0.113. The van der Waals surface area contributed by atoms with E-state index in [4.69, 9.17) is 11.6 Å². The van der Waals surface area contributed by atoms with E-state index in [1.54, 1.807) is 41.1 Å². The first kappa shape index (κ1) is 20.8. The van der Waals surface area contributed by atoms with Crippen molar-refractivity contribution in [3.63, 3.8) is 0 Å². The maximum Gasteiger partial charge on any atom is 0.337 e. The van der Waals surface area contributed by atoms with Crippen molar-refractivity contribution in [1.82, 2.24) is 25.0 Å². The molecule has 0 aliphatic carbocycles. The zero-order chi connectivity index (χ0) is 21.8. The van der Waals surface area contributed by atoms with Crippen molar-refractivity contribution in [2.45, 2.75) is 5.03 Å². The number of halogens is 1. The molecule has 0 bridgehead atoms. The predicted octanol–water partition coefficient (Wildman–Crippen LogP) is 3.38. The van der Waals surface area contributed by atoms with Gasteiger partial charge in [0.05, 0.1) is 24.1 Å². The van der Waals surface area contributed by atoms with E-state index in [0.717, 1.165) is 5.69 Å². The van der Waals surface area contributed by atoms with E-state index < -0.39 is 5.97 Å². The minimum atomic E-state index is -0.438. The summed E-state index contributed by atoms with van der Waals surface area (Å²) in [6.07, 6.45) is 1.40. The molecule has 0 aliphatic rings.